The molecular formula is C32H36N3O4+. The van der Waals surface area contributed by atoms with Crippen LogP contribution in [0.25, 0.3) is 33.1 Å². The van der Waals surface area contributed by atoms with Gasteiger partial charge in [-0.2, -0.15) is 0 Å². The van der Waals surface area contributed by atoms with Crippen LogP contribution in [-0.2, 0) is 4.79 Å². The third-order valence-corrected chi connectivity index (χ3v) is 7.11. The van der Waals surface area contributed by atoms with E-state index in [1.54, 1.807) is 19.1 Å². The van der Waals surface area contributed by atoms with Crippen molar-refractivity contribution in [2.24, 2.45) is 0 Å². The number of benzene rings is 3. The molecule has 202 valence electrons. The largest absolute Gasteiger partial charge is 0.478 e. The van der Waals surface area contributed by atoms with Crippen molar-refractivity contribution in [3.05, 3.63) is 72.3 Å². The van der Waals surface area contributed by atoms with E-state index in [9.17, 15) is 14.7 Å². The topological polar surface area (TPSA) is 84.2 Å². The zero-order valence-corrected chi connectivity index (χ0v) is 23.3. The van der Waals surface area contributed by atoms with Gasteiger partial charge in [-0.15, -0.1) is 0 Å². The summed E-state index contributed by atoms with van der Waals surface area (Å²) in [5, 5.41) is 14.6. The number of carboxylic acids is 1. The standard InChI is InChI=1S/C32H35N3O4/c1-7-34(8-2)22-12-15-25-28(18-22)39-29-19-23(35(9-3)10-4)13-16-26(29)30(25)24-14-11-21(17-27(24)32(37)38)33-31(36)20(5)6/h11-19H,5,7-10H2,1-4,6H3,(H-,33,36,37,38)/p+1. The molecule has 0 spiro atoms. The van der Waals surface area contributed by atoms with Crippen LogP contribution >= 0.6 is 0 Å². The molecule has 0 radical (unpaired) electrons. The van der Waals surface area contributed by atoms with Crippen molar-refractivity contribution in [2.75, 3.05) is 41.3 Å². The normalized spacial score (nSPS) is 11.0. The molecule has 4 rings (SSSR count). The third-order valence-electron chi connectivity index (χ3n) is 7.11. The summed E-state index contributed by atoms with van der Waals surface area (Å²) < 4.78 is 6.50. The van der Waals surface area contributed by atoms with E-state index in [-0.39, 0.29) is 11.5 Å². The fourth-order valence-corrected chi connectivity index (χ4v) is 4.98. The molecule has 1 heterocycles. The van der Waals surface area contributed by atoms with Gasteiger partial charge in [0.25, 0.3) is 5.91 Å². The van der Waals surface area contributed by atoms with Gasteiger partial charge in [0.05, 0.1) is 28.5 Å². The lowest BCUT2D eigenvalue weighted by atomic mass is 9.92. The van der Waals surface area contributed by atoms with Crippen LogP contribution in [0, 0.1) is 0 Å². The van der Waals surface area contributed by atoms with E-state index < -0.39 is 5.97 Å². The number of hydrogen-bond acceptors (Lipinski definition) is 4. The van der Waals surface area contributed by atoms with Crippen LogP contribution in [0.4, 0.5) is 17.1 Å². The Morgan fingerprint density at radius 1 is 0.821 bits per heavy atom. The number of carboxylic acid groups (broad SMARTS) is 1. The lowest BCUT2D eigenvalue weighted by molar-refractivity contribution is -0.112. The molecule has 7 nitrogen and oxygen atoms in total. The van der Waals surface area contributed by atoms with Crippen LogP contribution in [0.2, 0.25) is 0 Å². The van der Waals surface area contributed by atoms with Gasteiger partial charge in [0.1, 0.15) is 0 Å². The molecule has 0 saturated carbocycles. The molecule has 0 unspecified atom stereocenters. The van der Waals surface area contributed by atoms with E-state index >= 15 is 0 Å². The SMILES string of the molecule is C=C(C)C(=O)Nc1ccc(-c2c3ccc(N(CC)CC)cc3[o+]c3cc(N(CC)CC)ccc23)c(C(=O)O)c1. The Labute approximate surface area is 229 Å². The van der Waals surface area contributed by atoms with E-state index in [0.717, 1.165) is 53.9 Å². The summed E-state index contributed by atoms with van der Waals surface area (Å²) in [6, 6.07) is 17.1. The zero-order chi connectivity index (χ0) is 28.3. The molecule has 0 aliphatic carbocycles. The highest BCUT2D eigenvalue weighted by Gasteiger charge is 2.26. The fraction of sp³-hybridized carbons (Fsp3) is 0.281. The van der Waals surface area contributed by atoms with Crippen LogP contribution in [0.5, 0.6) is 0 Å². The first-order chi connectivity index (χ1) is 18.7. The van der Waals surface area contributed by atoms with E-state index in [1.165, 1.54) is 6.07 Å². The van der Waals surface area contributed by atoms with Crippen molar-refractivity contribution in [3.63, 3.8) is 0 Å². The summed E-state index contributed by atoms with van der Waals surface area (Å²) in [6.45, 7) is 17.1. The second-order valence-corrected chi connectivity index (χ2v) is 9.48. The Morgan fingerprint density at radius 2 is 1.33 bits per heavy atom. The maximum absolute atomic E-state index is 12.5. The number of nitrogens with one attached hydrogen (secondary N) is 1. The summed E-state index contributed by atoms with van der Waals surface area (Å²) >= 11 is 0. The molecule has 0 fully saturated rings. The average Bonchev–Trinajstić information content (AvgIpc) is 2.93. The quantitative estimate of drug-likeness (QED) is 0.127. The van der Waals surface area contributed by atoms with Crippen LogP contribution in [-0.4, -0.2) is 43.2 Å². The van der Waals surface area contributed by atoms with E-state index in [0.29, 0.717) is 28.0 Å². The van der Waals surface area contributed by atoms with Crippen LogP contribution in [0.15, 0.2) is 71.2 Å². The van der Waals surface area contributed by atoms with Crippen molar-refractivity contribution in [2.45, 2.75) is 34.6 Å². The Balaban J connectivity index is 2.03. The molecule has 0 aliphatic heterocycles. The highest BCUT2D eigenvalue weighted by molar-refractivity contribution is 6.13. The predicted molar refractivity (Wildman–Crippen MR) is 161 cm³/mol. The summed E-state index contributed by atoms with van der Waals surface area (Å²) in [5.74, 6) is -1.44. The Morgan fingerprint density at radius 3 is 1.77 bits per heavy atom. The van der Waals surface area contributed by atoms with Gasteiger partial charge in [0, 0.05) is 54.4 Å². The van der Waals surface area contributed by atoms with E-state index in [4.69, 9.17) is 4.42 Å². The van der Waals surface area contributed by atoms with Gasteiger partial charge < -0.3 is 20.2 Å². The Hall–Kier alpha value is -4.39. The number of nitrogens with zero attached hydrogens (tertiary/aromatic N) is 2. The number of carbonyl (C=O) groups excluding carboxylic acids is 1. The highest BCUT2D eigenvalue weighted by Crippen LogP contribution is 2.41. The molecule has 0 aliphatic rings. The van der Waals surface area contributed by atoms with Crippen molar-refractivity contribution in [1.82, 2.24) is 0 Å². The number of rotatable bonds is 10. The summed E-state index contributed by atoms with van der Waals surface area (Å²) in [5.41, 5.74) is 5.58. The number of carbonyl (C=O) groups is 2. The minimum Gasteiger partial charge on any atom is -0.478 e. The predicted octanol–water partition coefficient (Wildman–Crippen LogP) is 7.44. The first-order valence-electron chi connectivity index (χ1n) is 13.4. The zero-order valence-electron chi connectivity index (χ0n) is 23.3. The van der Waals surface area contributed by atoms with Gasteiger partial charge in [-0.05, 0) is 76.6 Å². The van der Waals surface area contributed by atoms with Crippen LogP contribution < -0.4 is 15.1 Å². The lowest BCUT2D eigenvalue weighted by Gasteiger charge is -2.21. The van der Waals surface area contributed by atoms with Crippen LogP contribution in [0.3, 0.4) is 0 Å². The number of fused-ring (bicyclic) bond motifs is 2. The van der Waals surface area contributed by atoms with Crippen molar-refractivity contribution in [1.29, 1.82) is 0 Å². The Kier molecular flexibility index (Phi) is 8.19. The molecule has 0 atom stereocenters. The lowest BCUT2D eigenvalue weighted by Crippen LogP contribution is -2.21. The fourth-order valence-electron chi connectivity index (χ4n) is 4.98. The monoisotopic (exact) mass is 526 g/mol. The summed E-state index contributed by atoms with van der Waals surface area (Å²) in [7, 11) is 0. The second-order valence-electron chi connectivity index (χ2n) is 9.48. The highest BCUT2D eigenvalue weighted by atomic mass is 16.4. The Bertz CT molecular complexity index is 1500. The maximum Gasteiger partial charge on any atom is 0.363 e. The van der Waals surface area contributed by atoms with Gasteiger partial charge in [-0.1, -0.05) is 12.6 Å². The van der Waals surface area contributed by atoms with Crippen molar-refractivity contribution in [3.8, 4) is 11.1 Å². The molecule has 39 heavy (non-hydrogen) atoms. The van der Waals surface area contributed by atoms with Crippen LogP contribution in [0.1, 0.15) is 45.0 Å². The van der Waals surface area contributed by atoms with Gasteiger partial charge in [0.15, 0.2) is 0 Å². The number of hydrogen-bond donors (Lipinski definition) is 2. The molecule has 2 N–H and O–H groups in total. The molecule has 7 heteroatoms. The number of aromatic carboxylic acids is 1. The first-order valence-corrected chi connectivity index (χ1v) is 13.4. The maximum atomic E-state index is 12.5. The van der Waals surface area contributed by atoms with Crippen molar-refractivity contribution < 1.29 is 19.1 Å². The molecule has 4 aromatic rings. The van der Waals surface area contributed by atoms with Crippen molar-refractivity contribution >= 4 is 50.9 Å². The average molecular weight is 527 g/mol. The molecular weight excluding hydrogens is 490 g/mol. The third kappa shape index (κ3) is 5.43. The second kappa shape index (κ2) is 11.6. The van der Waals surface area contributed by atoms with E-state index in [1.807, 2.05) is 36.4 Å². The van der Waals surface area contributed by atoms with Gasteiger partial charge >= 0.3 is 17.1 Å². The smallest absolute Gasteiger partial charge is 0.363 e. The minimum atomic E-state index is -1.09. The molecule has 1 aromatic heterocycles. The molecule has 1 amide bonds. The van der Waals surface area contributed by atoms with Gasteiger partial charge in [0.2, 0.25) is 0 Å². The van der Waals surface area contributed by atoms with E-state index in [2.05, 4.69) is 49.4 Å². The van der Waals surface area contributed by atoms with Gasteiger partial charge in [-0.25, -0.2) is 9.21 Å². The number of amides is 1. The van der Waals surface area contributed by atoms with Gasteiger partial charge in [-0.3, -0.25) is 4.79 Å². The summed E-state index contributed by atoms with van der Waals surface area (Å²) in [6.07, 6.45) is 0. The molecule has 0 bridgehead atoms. The molecule has 0 saturated heterocycles. The summed E-state index contributed by atoms with van der Waals surface area (Å²) in [4.78, 5) is 29.2. The first kappa shape index (κ1) is 27.6. The minimum absolute atomic E-state index is 0.0870. The molecule has 3 aromatic carbocycles. The number of anilines is 3.